The van der Waals surface area contributed by atoms with Gasteiger partial charge in [-0.2, -0.15) is 0 Å². The summed E-state index contributed by atoms with van der Waals surface area (Å²) >= 11 is 0. The average molecular weight is 763 g/mol. The van der Waals surface area contributed by atoms with E-state index >= 15 is 0 Å². The minimum Gasteiger partial charge on any atom is -0.478 e. The topological polar surface area (TPSA) is 133 Å². The van der Waals surface area contributed by atoms with Crippen LogP contribution >= 0.6 is 0 Å². The fourth-order valence-electron chi connectivity index (χ4n) is 14.0. The monoisotopic (exact) mass is 762 g/mol. The highest BCUT2D eigenvalue weighted by Gasteiger charge is 2.71. The lowest BCUT2D eigenvalue weighted by molar-refractivity contribution is -0.246. The van der Waals surface area contributed by atoms with Crippen LogP contribution in [-0.2, 0) is 17.8 Å². The van der Waals surface area contributed by atoms with Gasteiger partial charge in [0.05, 0.1) is 35.9 Å². The van der Waals surface area contributed by atoms with Gasteiger partial charge in [-0.3, -0.25) is 14.6 Å². The first-order valence-corrected chi connectivity index (χ1v) is 21.1. The van der Waals surface area contributed by atoms with E-state index in [1.165, 1.54) is 25.1 Å². The number of rotatable bonds is 9. The van der Waals surface area contributed by atoms with Gasteiger partial charge in [-0.15, -0.1) is 0 Å². The Morgan fingerprint density at radius 2 is 1.68 bits per heavy atom. The molecule has 5 aliphatic rings. The van der Waals surface area contributed by atoms with Crippen LogP contribution in [0.15, 0.2) is 54.4 Å². The van der Waals surface area contributed by atoms with E-state index in [9.17, 15) is 19.5 Å². The zero-order valence-corrected chi connectivity index (χ0v) is 34.3. The van der Waals surface area contributed by atoms with Gasteiger partial charge in [0.25, 0.3) is 5.91 Å². The Bertz CT molecular complexity index is 1930. The van der Waals surface area contributed by atoms with Crippen molar-refractivity contribution in [2.24, 2.45) is 56.7 Å². The minimum atomic E-state index is -1.05. The molecule has 10 atom stereocenters. The molecular formula is C47H62N4O5. The standard InChI is InChI=1S/C47H62N4O5/c1-29(26-48-7)34-15-21-47(42(56)49-24-18-30-9-8-10-31(25-30)40(53)51-28-33-12-11-32(27-50-33)41(54)55)23-22-45(5)35(39(34)47)13-14-37-44(4)19-17-38(52)43(2,3)36(44)16-20-46(37,45)6/h8-12,25-27,34-39,52H,13-24,28H2,1-6H3,(H,49,56)(H,51,53)(H,54,55)/b29-26+/t34-,35?,36?,37?,38-,39?,44-,45+,46+,47-/m0/s1. The van der Waals surface area contributed by atoms with E-state index in [2.05, 4.69) is 62.0 Å². The van der Waals surface area contributed by atoms with Crippen LogP contribution in [0.4, 0.5) is 0 Å². The van der Waals surface area contributed by atoms with Crippen molar-refractivity contribution in [2.45, 2.75) is 125 Å². The van der Waals surface area contributed by atoms with Crippen molar-refractivity contribution >= 4 is 17.8 Å². The smallest absolute Gasteiger partial charge is 0.337 e. The number of carboxylic acid groups (broad SMARTS) is 1. The molecule has 2 aromatic rings. The lowest BCUT2D eigenvalue weighted by Crippen LogP contribution is -2.67. The number of carbonyl (C=O) groups is 3. The van der Waals surface area contributed by atoms with Gasteiger partial charge in [-0.1, -0.05) is 59.2 Å². The van der Waals surface area contributed by atoms with Crippen molar-refractivity contribution in [3.05, 3.63) is 88.2 Å². The molecule has 4 unspecified atom stereocenters. The maximum Gasteiger partial charge on any atom is 0.337 e. The largest absolute Gasteiger partial charge is 0.478 e. The second kappa shape index (κ2) is 14.7. The van der Waals surface area contributed by atoms with Crippen LogP contribution in [-0.4, -0.2) is 45.6 Å². The molecule has 2 amide bonds. The quantitative estimate of drug-likeness (QED) is 0.189. The molecular weight excluding hydrogens is 701 g/mol. The number of nitrogens with one attached hydrogen (secondary N) is 2. The van der Waals surface area contributed by atoms with Gasteiger partial charge in [0, 0.05) is 18.3 Å². The van der Waals surface area contributed by atoms with Gasteiger partial charge < -0.3 is 20.8 Å². The van der Waals surface area contributed by atoms with Crippen LogP contribution < -0.4 is 10.6 Å². The summed E-state index contributed by atoms with van der Waals surface area (Å²) in [7, 11) is 0. The number of fused-ring (bicyclic) bond motifs is 7. The van der Waals surface area contributed by atoms with Gasteiger partial charge in [0.1, 0.15) is 0 Å². The molecule has 7 rings (SSSR count). The van der Waals surface area contributed by atoms with Crippen LogP contribution in [0.25, 0.3) is 4.85 Å². The molecule has 0 radical (unpaired) electrons. The lowest BCUT2D eigenvalue weighted by atomic mass is 9.32. The molecule has 1 heterocycles. The summed E-state index contributed by atoms with van der Waals surface area (Å²) in [5.74, 6) is 0.756. The summed E-state index contributed by atoms with van der Waals surface area (Å²) < 4.78 is 0. The van der Waals surface area contributed by atoms with Gasteiger partial charge in [0.2, 0.25) is 5.91 Å². The molecule has 5 aliphatic carbocycles. The van der Waals surface area contributed by atoms with Crippen molar-refractivity contribution in [3.8, 4) is 0 Å². The number of aromatic nitrogens is 1. The van der Waals surface area contributed by atoms with Crippen molar-refractivity contribution < 1.29 is 24.6 Å². The number of pyridine rings is 1. The minimum absolute atomic E-state index is 0.0819. The molecule has 9 nitrogen and oxygen atoms in total. The molecule has 0 bridgehead atoms. The summed E-state index contributed by atoms with van der Waals surface area (Å²) in [6.45, 7) is 22.8. The summed E-state index contributed by atoms with van der Waals surface area (Å²) in [5, 5.41) is 26.5. The number of aliphatic hydroxyl groups is 1. The maximum absolute atomic E-state index is 14.7. The lowest BCUT2D eigenvalue weighted by Gasteiger charge is -2.72. The van der Waals surface area contributed by atoms with Crippen molar-refractivity contribution in [1.82, 2.24) is 15.6 Å². The molecule has 56 heavy (non-hydrogen) atoms. The number of hydrogen-bond acceptors (Lipinski definition) is 5. The second-order valence-corrected chi connectivity index (χ2v) is 19.6. The third-order valence-corrected chi connectivity index (χ3v) is 17.1. The van der Waals surface area contributed by atoms with E-state index in [0.29, 0.717) is 42.0 Å². The molecule has 0 spiro atoms. The van der Waals surface area contributed by atoms with E-state index in [1.54, 1.807) is 18.3 Å². The highest BCUT2D eigenvalue weighted by molar-refractivity contribution is 5.94. The van der Waals surface area contributed by atoms with E-state index in [1.807, 2.05) is 18.2 Å². The first-order chi connectivity index (χ1) is 26.5. The molecule has 0 aliphatic heterocycles. The molecule has 4 N–H and O–H groups in total. The zero-order valence-electron chi connectivity index (χ0n) is 34.3. The van der Waals surface area contributed by atoms with Crippen molar-refractivity contribution in [2.75, 3.05) is 6.54 Å². The van der Waals surface area contributed by atoms with Crippen LogP contribution in [0, 0.1) is 63.2 Å². The maximum atomic E-state index is 14.7. The van der Waals surface area contributed by atoms with E-state index in [4.69, 9.17) is 11.7 Å². The SMILES string of the molecule is [C-]#[N+]/C=C(\C)[C@@H]1CC[C@]2(C(=O)NCCc3cccc(C(=O)NCc4ccc(C(=O)O)cn4)c3)CC[C@]3(C)C(CCC4[C@@]5(C)CC[C@H](O)C(C)(C)C5CC[C@]43C)C12. The number of hydrogen-bond donors (Lipinski definition) is 4. The average Bonchev–Trinajstić information content (AvgIpc) is 3.57. The fourth-order valence-corrected chi connectivity index (χ4v) is 14.0. The zero-order chi connectivity index (χ0) is 40.3. The molecule has 300 valence electrons. The van der Waals surface area contributed by atoms with Gasteiger partial charge in [-0.05, 0) is 152 Å². The molecule has 5 fully saturated rings. The highest BCUT2D eigenvalue weighted by atomic mass is 16.4. The Kier molecular flexibility index (Phi) is 10.6. The molecule has 1 aromatic carbocycles. The summed E-state index contributed by atoms with van der Waals surface area (Å²) in [4.78, 5) is 46.8. The second-order valence-electron chi connectivity index (χ2n) is 19.6. The highest BCUT2D eigenvalue weighted by Crippen LogP contribution is 2.77. The first-order valence-electron chi connectivity index (χ1n) is 21.1. The summed E-state index contributed by atoms with van der Waals surface area (Å²) in [6.07, 6.45) is 13.6. The predicted molar refractivity (Wildman–Crippen MR) is 216 cm³/mol. The fraction of sp³-hybridized carbons (Fsp3) is 0.638. The number of aliphatic hydroxyl groups excluding tert-OH is 1. The van der Waals surface area contributed by atoms with Crippen molar-refractivity contribution in [1.29, 1.82) is 0 Å². The number of aromatic carboxylic acids is 1. The Morgan fingerprint density at radius 1 is 0.893 bits per heavy atom. The molecule has 5 saturated carbocycles. The van der Waals surface area contributed by atoms with E-state index < -0.39 is 11.4 Å². The Balaban J connectivity index is 1.07. The number of amides is 2. The third-order valence-electron chi connectivity index (χ3n) is 17.1. The number of carbonyl (C=O) groups excluding carboxylic acids is 2. The van der Waals surface area contributed by atoms with Crippen LogP contribution in [0.3, 0.4) is 0 Å². The number of carboxylic acids is 1. The number of allylic oxidation sites excluding steroid dienone is 1. The van der Waals surface area contributed by atoms with Crippen LogP contribution in [0.1, 0.15) is 138 Å². The first kappa shape index (κ1) is 40.2. The Hall–Kier alpha value is -4.03. The Labute approximate surface area is 333 Å². The predicted octanol–water partition coefficient (Wildman–Crippen LogP) is 8.63. The summed E-state index contributed by atoms with van der Waals surface area (Å²) in [6, 6.07) is 10.5. The number of nitrogens with zero attached hydrogens (tertiary/aromatic N) is 2. The van der Waals surface area contributed by atoms with Gasteiger partial charge in [-0.25, -0.2) is 9.64 Å². The van der Waals surface area contributed by atoms with Crippen molar-refractivity contribution in [3.63, 3.8) is 0 Å². The number of benzene rings is 1. The summed E-state index contributed by atoms with van der Waals surface area (Å²) in [5.41, 5.74) is 3.12. The van der Waals surface area contributed by atoms with Crippen LogP contribution in [0.2, 0.25) is 0 Å². The Morgan fingerprint density at radius 3 is 2.39 bits per heavy atom. The molecule has 9 heteroatoms. The van der Waals surface area contributed by atoms with Gasteiger partial charge >= 0.3 is 5.97 Å². The van der Waals surface area contributed by atoms with E-state index in [-0.39, 0.29) is 63.5 Å². The van der Waals surface area contributed by atoms with E-state index in [0.717, 1.165) is 62.5 Å². The molecule has 1 aromatic heterocycles. The normalized spacial score (nSPS) is 37.1. The van der Waals surface area contributed by atoms with Crippen LogP contribution in [0.5, 0.6) is 0 Å². The third kappa shape index (κ3) is 6.39. The van der Waals surface area contributed by atoms with Gasteiger partial charge in [0.15, 0.2) is 6.20 Å². The molecule has 0 saturated heterocycles.